The van der Waals surface area contributed by atoms with Crippen molar-refractivity contribution in [2.24, 2.45) is 0 Å². The summed E-state index contributed by atoms with van der Waals surface area (Å²) in [6, 6.07) is 2.21. The van der Waals surface area contributed by atoms with E-state index >= 15 is 0 Å². The maximum atomic E-state index is 5.73. The van der Waals surface area contributed by atoms with Crippen LogP contribution in [0, 0.1) is 0 Å². The lowest BCUT2D eigenvalue weighted by Gasteiger charge is -2.08. The number of nitrogens with zero attached hydrogens (tertiary/aromatic N) is 2. The first-order chi connectivity index (χ1) is 8.78. The van der Waals surface area contributed by atoms with E-state index in [1.165, 1.54) is 22.6 Å². The first kappa shape index (κ1) is 12.7. The van der Waals surface area contributed by atoms with Crippen LogP contribution in [0.15, 0.2) is 10.5 Å². The number of alkyl halides is 1. The summed E-state index contributed by atoms with van der Waals surface area (Å²) in [7, 11) is 0. The second-order valence-corrected chi connectivity index (χ2v) is 7.53. The summed E-state index contributed by atoms with van der Waals surface area (Å²) >= 11 is 7.32. The Morgan fingerprint density at radius 3 is 3.17 bits per heavy atom. The smallest absolute Gasteiger partial charge is 0.257 e. The Labute approximate surface area is 123 Å². The average Bonchev–Trinajstić information content (AvgIpc) is 3.03. The van der Waals surface area contributed by atoms with Gasteiger partial charge in [0.2, 0.25) is 5.89 Å². The Hall–Kier alpha value is -0.330. The summed E-state index contributed by atoms with van der Waals surface area (Å²) in [5.74, 6) is 3.67. The van der Waals surface area contributed by atoms with Gasteiger partial charge in [-0.2, -0.15) is 11.8 Å². The van der Waals surface area contributed by atoms with Gasteiger partial charge in [0.15, 0.2) is 0 Å². The Morgan fingerprint density at radius 2 is 2.39 bits per heavy atom. The number of aryl methyl sites for hydroxylation is 1. The van der Waals surface area contributed by atoms with Crippen LogP contribution in [0.4, 0.5) is 0 Å². The molecule has 1 unspecified atom stereocenters. The summed E-state index contributed by atoms with van der Waals surface area (Å²) in [6.07, 6.45) is 2.11. The van der Waals surface area contributed by atoms with E-state index in [0.29, 0.717) is 11.8 Å². The zero-order valence-electron chi connectivity index (χ0n) is 9.98. The highest BCUT2D eigenvalue weighted by Crippen LogP contribution is 2.37. The third-order valence-corrected chi connectivity index (χ3v) is 6.18. The molecular weight excluding hydrogens is 332 g/mol. The average molecular weight is 345 g/mol. The first-order valence-corrected chi connectivity index (χ1v) is 8.83. The maximum Gasteiger partial charge on any atom is 0.257 e. The van der Waals surface area contributed by atoms with Gasteiger partial charge >= 0.3 is 0 Å². The molecule has 0 saturated carbocycles. The zero-order valence-corrected chi connectivity index (χ0v) is 13.2. The predicted molar refractivity (Wildman–Crippen MR) is 79.4 cm³/mol. The number of halogens is 1. The summed E-state index contributed by atoms with van der Waals surface area (Å²) in [5, 5.41) is 8.26. The number of rotatable bonds is 3. The molecule has 2 aromatic rings. The van der Waals surface area contributed by atoms with Crippen LogP contribution >= 0.6 is 39.0 Å². The fraction of sp³-hybridized carbons (Fsp3) is 0.500. The van der Waals surface area contributed by atoms with Gasteiger partial charge in [-0.15, -0.1) is 21.5 Å². The quantitative estimate of drug-likeness (QED) is 0.772. The van der Waals surface area contributed by atoms with Crippen molar-refractivity contribution in [1.82, 2.24) is 10.2 Å². The van der Waals surface area contributed by atoms with Crippen molar-refractivity contribution in [3.63, 3.8) is 0 Å². The van der Waals surface area contributed by atoms with E-state index in [-0.39, 0.29) is 4.83 Å². The van der Waals surface area contributed by atoms with E-state index in [1.54, 1.807) is 11.3 Å². The van der Waals surface area contributed by atoms with Crippen LogP contribution in [-0.2, 0) is 12.2 Å². The number of thiophene rings is 1. The third-order valence-electron chi connectivity index (χ3n) is 2.91. The molecule has 96 valence electrons. The molecule has 0 spiro atoms. The molecule has 0 fully saturated rings. The third kappa shape index (κ3) is 2.38. The normalized spacial score (nSPS) is 16.6. The number of aromatic nitrogens is 2. The number of hydrogen-bond donors (Lipinski definition) is 0. The molecule has 0 bridgehead atoms. The number of fused-ring (bicyclic) bond motifs is 1. The lowest BCUT2D eigenvalue weighted by Crippen LogP contribution is -1.96. The van der Waals surface area contributed by atoms with E-state index in [1.807, 2.05) is 11.8 Å². The van der Waals surface area contributed by atoms with Crippen LogP contribution in [0.25, 0.3) is 10.8 Å². The lowest BCUT2D eigenvalue weighted by atomic mass is 10.2. The van der Waals surface area contributed by atoms with Crippen LogP contribution in [0.1, 0.15) is 34.5 Å². The van der Waals surface area contributed by atoms with Crippen molar-refractivity contribution in [2.75, 3.05) is 5.75 Å². The minimum atomic E-state index is 0.156. The van der Waals surface area contributed by atoms with Crippen molar-refractivity contribution < 1.29 is 4.42 Å². The van der Waals surface area contributed by atoms with Gasteiger partial charge in [0.25, 0.3) is 5.89 Å². The highest BCUT2D eigenvalue weighted by Gasteiger charge is 2.19. The van der Waals surface area contributed by atoms with Crippen LogP contribution in [0.5, 0.6) is 0 Å². The van der Waals surface area contributed by atoms with Crippen LogP contribution < -0.4 is 0 Å². The number of hydrogen-bond acceptors (Lipinski definition) is 5. The monoisotopic (exact) mass is 344 g/mol. The Kier molecular flexibility index (Phi) is 3.77. The highest BCUT2D eigenvalue weighted by molar-refractivity contribution is 9.09. The highest BCUT2D eigenvalue weighted by atomic mass is 79.9. The standard InChI is InChI=1S/C12H13BrN2OS2/c1-2-8(13)11-14-15-12(16-11)10-5-7-6-17-4-3-9(7)18-10/h5,8H,2-4,6H2,1H3. The van der Waals surface area contributed by atoms with Gasteiger partial charge in [-0.1, -0.05) is 22.9 Å². The zero-order chi connectivity index (χ0) is 12.5. The van der Waals surface area contributed by atoms with Crippen molar-refractivity contribution in [1.29, 1.82) is 0 Å². The first-order valence-electron chi connectivity index (χ1n) is 5.95. The van der Waals surface area contributed by atoms with Gasteiger partial charge in [-0.3, -0.25) is 0 Å². The molecule has 1 aliphatic heterocycles. The molecule has 0 saturated heterocycles. The second-order valence-electron chi connectivity index (χ2n) is 4.18. The van der Waals surface area contributed by atoms with E-state index < -0.39 is 0 Å². The summed E-state index contributed by atoms with van der Waals surface area (Å²) in [6.45, 7) is 2.09. The molecular formula is C12H13BrN2OS2. The summed E-state index contributed by atoms with van der Waals surface area (Å²) < 4.78 is 5.73. The van der Waals surface area contributed by atoms with E-state index in [9.17, 15) is 0 Å². The molecule has 0 N–H and O–H groups in total. The molecule has 3 heterocycles. The van der Waals surface area contributed by atoms with Crippen LogP contribution in [-0.4, -0.2) is 16.0 Å². The minimum absolute atomic E-state index is 0.156. The van der Waals surface area contributed by atoms with Gasteiger partial charge in [0.1, 0.15) is 0 Å². The Bertz CT molecular complexity index is 529. The lowest BCUT2D eigenvalue weighted by molar-refractivity contribution is 0.501. The maximum absolute atomic E-state index is 5.73. The van der Waals surface area contributed by atoms with Crippen molar-refractivity contribution in [2.45, 2.75) is 30.3 Å². The fourth-order valence-corrected chi connectivity index (χ4v) is 4.37. The molecule has 3 rings (SSSR count). The van der Waals surface area contributed by atoms with Gasteiger partial charge in [-0.25, -0.2) is 0 Å². The number of thioether (sulfide) groups is 1. The molecule has 1 aliphatic rings. The second kappa shape index (κ2) is 5.35. The molecule has 0 aliphatic carbocycles. The summed E-state index contributed by atoms with van der Waals surface area (Å²) in [5.41, 5.74) is 1.44. The van der Waals surface area contributed by atoms with Crippen molar-refractivity contribution in [3.8, 4) is 10.8 Å². The fourth-order valence-electron chi connectivity index (χ4n) is 1.89. The molecule has 0 aromatic carbocycles. The van der Waals surface area contributed by atoms with Crippen molar-refractivity contribution >= 4 is 39.0 Å². The molecule has 18 heavy (non-hydrogen) atoms. The van der Waals surface area contributed by atoms with Gasteiger partial charge in [0.05, 0.1) is 9.70 Å². The molecule has 6 heteroatoms. The molecule has 1 atom stereocenters. The molecule has 0 amide bonds. The minimum Gasteiger partial charge on any atom is -0.419 e. The Morgan fingerprint density at radius 1 is 1.50 bits per heavy atom. The molecule has 3 nitrogen and oxygen atoms in total. The van der Waals surface area contributed by atoms with E-state index in [2.05, 4.69) is 39.1 Å². The SMILES string of the molecule is CCC(Br)c1nnc(-c2cc3c(s2)CCSC3)o1. The van der Waals surface area contributed by atoms with Gasteiger partial charge in [-0.05, 0) is 30.2 Å². The van der Waals surface area contributed by atoms with E-state index in [0.717, 1.165) is 17.1 Å². The molecule has 2 aromatic heterocycles. The summed E-state index contributed by atoms with van der Waals surface area (Å²) in [4.78, 5) is 2.75. The van der Waals surface area contributed by atoms with E-state index in [4.69, 9.17) is 4.42 Å². The Balaban J connectivity index is 1.90. The topological polar surface area (TPSA) is 38.9 Å². The van der Waals surface area contributed by atoms with Crippen LogP contribution in [0.3, 0.4) is 0 Å². The van der Waals surface area contributed by atoms with Gasteiger partial charge < -0.3 is 4.42 Å². The predicted octanol–water partition coefficient (Wildman–Crippen LogP) is 4.43. The molecule has 0 radical (unpaired) electrons. The van der Waals surface area contributed by atoms with Crippen molar-refractivity contribution in [3.05, 3.63) is 22.4 Å². The van der Waals surface area contributed by atoms with Gasteiger partial charge in [0, 0.05) is 10.6 Å². The van der Waals surface area contributed by atoms with Crippen LogP contribution in [0.2, 0.25) is 0 Å². The largest absolute Gasteiger partial charge is 0.419 e.